The number of rotatable bonds is 4. The number of benzene rings is 1. The minimum atomic E-state index is -1.02. The second kappa shape index (κ2) is 7.03. The van der Waals surface area contributed by atoms with Crippen LogP contribution >= 0.6 is 0 Å². The second-order valence-corrected chi connectivity index (χ2v) is 5.00. The summed E-state index contributed by atoms with van der Waals surface area (Å²) in [5.41, 5.74) is -0.207. The Bertz CT molecular complexity index is 614. The largest absolute Gasteiger partial charge is 0.475 e. The van der Waals surface area contributed by atoms with Gasteiger partial charge in [-0.15, -0.1) is 6.42 Å². The monoisotopic (exact) mass is 307 g/mol. The van der Waals surface area contributed by atoms with Crippen molar-refractivity contribution in [1.82, 2.24) is 5.32 Å². The number of hydrogen-bond donors (Lipinski definition) is 1. The molecule has 1 aliphatic carbocycles. The van der Waals surface area contributed by atoms with E-state index in [1.165, 1.54) is 0 Å². The van der Waals surface area contributed by atoms with Crippen LogP contribution in [0.3, 0.4) is 0 Å². The van der Waals surface area contributed by atoms with E-state index in [9.17, 15) is 18.4 Å². The van der Waals surface area contributed by atoms with Crippen molar-refractivity contribution in [3.8, 4) is 18.1 Å². The van der Waals surface area contributed by atoms with Gasteiger partial charge in [0.2, 0.25) is 0 Å². The number of amides is 1. The summed E-state index contributed by atoms with van der Waals surface area (Å²) in [7, 11) is 0. The topological polar surface area (TPSA) is 55.4 Å². The number of carbonyl (C=O) groups is 2. The normalized spacial score (nSPS) is 17.7. The zero-order valence-electron chi connectivity index (χ0n) is 11.8. The van der Waals surface area contributed by atoms with E-state index in [-0.39, 0.29) is 18.0 Å². The van der Waals surface area contributed by atoms with Gasteiger partial charge in [0.05, 0.1) is 6.04 Å². The van der Waals surface area contributed by atoms with Gasteiger partial charge in [0.1, 0.15) is 6.61 Å². The maximum Gasteiger partial charge on any atom is 0.252 e. The molecule has 22 heavy (non-hydrogen) atoms. The summed E-state index contributed by atoms with van der Waals surface area (Å²) in [6.07, 6.45) is 7.54. The molecule has 0 saturated heterocycles. The van der Waals surface area contributed by atoms with E-state index >= 15 is 0 Å². The number of nitrogens with one attached hydrogen (secondary N) is 1. The Labute approximate surface area is 126 Å². The van der Waals surface area contributed by atoms with Crippen LogP contribution < -0.4 is 10.1 Å². The molecule has 1 N–H and O–H groups in total. The van der Waals surface area contributed by atoms with Crippen LogP contribution in [0.2, 0.25) is 0 Å². The van der Waals surface area contributed by atoms with Crippen LogP contribution in [0.1, 0.15) is 36.0 Å². The van der Waals surface area contributed by atoms with Crippen molar-refractivity contribution in [2.24, 2.45) is 0 Å². The summed E-state index contributed by atoms with van der Waals surface area (Å²) in [6.45, 7) is -0.282. The first-order valence-electron chi connectivity index (χ1n) is 6.92. The third-order valence-electron chi connectivity index (χ3n) is 3.42. The molecule has 1 amide bonds. The standard InChI is InChI=1S/C16H15F2NO3/c1-2-7-22-15-11(17)8-10(9-12(15)18)16(21)19-13-5-3-4-6-14(13)20/h1,8-9,13H,3-7H2,(H,19,21). The van der Waals surface area contributed by atoms with Gasteiger partial charge >= 0.3 is 0 Å². The second-order valence-electron chi connectivity index (χ2n) is 5.00. The zero-order valence-corrected chi connectivity index (χ0v) is 11.8. The Hall–Kier alpha value is -2.42. The summed E-state index contributed by atoms with van der Waals surface area (Å²) >= 11 is 0. The van der Waals surface area contributed by atoms with Crippen LogP contribution in [-0.2, 0) is 4.79 Å². The van der Waals surface area contributed by atoms with Crippen LogP contribution in [-0.4, -0.2) is 24.3 Å². The highest BCUT2D eigenvalue weighted by Crippen LogP contribution is 2.23. The number of Topliss-reactive ketones (excluding diaryl/α,β-unsaturated/α-hetero) is 1. The van der Waals surface area contributed by atoms with Crippen LogP contribution in [0.5, 0.6) is 5.75 Å². The average Bonchev–Trinajstić information content (AvgIpc) is 2.48. The lowest BCUT2D eigenvalue weighted by Gasteiger charge is -2.21. The van der Waals surface area contributed by atoms with Gasteiger partial charge in [0, 0.05) is 12.0 Å². The number of terminal acetylenes is 1. The van der Waals surface area contributed by atoms with Crippen molar-refractivity contribution in [2.75, 3.05) is 6.61 Å². The number of hydrogen-bond acceptors (Lipinski definition) is 3. The Morgan fingerprint density at radius 1 is 1.36 bits per heavy atom. The van der Waals surface area contributed by atoms with E-state index in [2.05, 4.69) is 11.2 Å². The zero-order chi connectivity index (χ0) is 16.1. The van der Waals surface area contributed by atoms with E-state index < -0.39 is 29.3 Å². The Morgan fingerprint density at radius 3 is 2.64 bits per heavy atom. The van der Waals surface area contributed by atoms with Gasteiger partial charge in [0.25, 0.3) is 5.91 Å². The Morgan fingerprint density at radius 2 is 2.05 bits per heavy atom. The number of ketones is 1. The van der Waals surface area contributed by atoms with Crippen molar-refractivity contribution in [1.29, 1.82) is 0 Å². The molecule has 0 aliphatic heterocycles. The molecule has 0 bridgehead atoms. The quantitative estimate of drug-likeness (QED) is 0.868. The highest BCUT2D eigenvalue weighted by Gasteiger charge is 2.25. The van der Waals surface area contributed by atoms with E-state index in [1.807, 2.05) is 0 Å². The predicted octanol–water partition coefficient (Wildman–Crippen LogP) is 2.22. The number of carbonyl (C=O) groups excluding carboxylic acids is 2. The lowest BCUT2D eigenvalue weighted by atomic mass is 9.94. The summed E-state index contributed by atoms with van der Waals surface area (Å²) in [4.78, 5) is 23.7. The number of halogens is 2. The molecule has 1 saturated carbocycles. The van der Waals surface area contributed by atoms with Crippen LogP contribution in [0.15, 0.2) is 12.1 Å². The molecule has 1 aliphatic rings. The molecule has 0 spiro atoms. The SMILES string of the molecule is C#CCOc1c(F)cc(C(=O)NC2CCCCC2=O)cc1F. The lowest BCUT2D eigenvalue weighted by Crippen LogP contribution is -2.42. The third-order valence-corrected chi connectivity index (χ3v) is 3.42. The minimum absolute atomic E-state index is 0.0606. The number of ether oxygens (including phenoxy) is 1. The van der Waals surface area contributed by atoms with Gasteiger partial charge in [-0.1, -0.05) is 12.3 Å². The van der Waals surface area contributed by atoms with Crippen molar-refractivity contribution < 1.29 is 23.1 Å². The van der Waals surface area contributed by atoms with Crippen LogP contribution in [0, 0.1) is 24.0 Å². The molecule has 1 atom stereocenters. The smallest absolute Gasteiger partial charge is 0.252 e. The van der Waals surface area contributed by atoms with E-state index in [4.69, 9.17) is 11.2 Å². The molecule has 1 fully saturated rings. The van der Waals surface area contributed by atoms with E-state index in [1.54, 1.807) is 0 Å². The minimum Gasteiger partial charge on any atom is -0.475 e. The van der Waals surface area contributed by atoms with E-state index in [0.29, 0.717) is 12.8 Å². The summed E-state index contributed by atoms with van der Waals surface area (Å²) in [5.74, 6) is -1.32. The molecule has 1 aromatic rings. The molecule has 2 rings (SSSR count). The van der Waals surface area contributed by atoms with Gasteiger partial charge in [0.15, 0.2) is 23.2 Å². The highest BCUT2D eigenvalue weighted by molar-refractivity contribution is 5.98. The first-order chi connectivity index (χ1) is 10.5. The van der Waals surface area contributed by atoms with Gasteiger partial charge in [-0.05, 0) is 25.0 Å². The average molecular weight is 307 g/mol. The van der Waals surface area contributed by atoms with Crippen LogP contribution in [0.4, 0.5) is 8.78 Å². The van der Waals surface area contributed by atoms with Gasteiger partial charge in [-0.2, -0.15) is 0 Å². The molecule has 0 radical (unpaired) electrons. The molecule has 0 aromatic heterocycles. The molecule has 1 unspecified atom stereocenters. The first-order valence-corrected chi connectivity index (χ1v) is 6.92. The predicted molar refractivity (Wildman–Crippen MR) is 75.4 cm³/mol. The summed E-state index contributed by atoms with van der Waals surface area (Å²) < 4.78 is 32.3. The maximum absolute atomic E-state index is 13.8. The maximum atomic E-state index is 13.8. The van der Waals surface area contributed by atoms with Crippen molar-refractivity contribution in [2.45, 2.75) is 31.7 Å². The molecule has 6 heteroatoms. The lowest BCUT2D eigenvalue weighted by molar-refractivity contribution is -0.122. The fourth-order valence-electron chi connectivity index (χ4n) is 2.32. The Kier molecular flexibility index (Phi) is 5.10. The summed E-state index contributed by atoms with van der Waals surface area (Å²) in [6, 6.07) is 1.12. The Balaban J connectivity index is 2.13. The fraction of sp³-hybridized carbons (Fsp3) is 0.375. The van der Waals surface area contributed by atoms with Gasteiger partial charge in [-0.25, -0.2) is 8.78 Å². The molecule has 116 valence electrons. The first kappa shape index (κ1) is 16.0. The molecule has 1 aromatic carbocycles. The van der Waals surface area contributed by atoms with Crippen molar-refractivity contribution in [3.63, 3.8) is 0 Å². The molecular formula is C16H15F2NO3. The van der Waals surface area contributed by atoms with Gasteiger partial charge in [-0.3, -0.25) is 9.59 Å². The van der Waals surface area contributed by atoms with Gasteiger partial charge < -0.3 is 10.1 Å². The van der Waals surface area contributed by atoms with Crippen molar-refractivity contribution in [3.05, 3.63) is 29.3 Å². The fourth-order valence-corrected chi connectivity index (χ4v) is 2.32. The molecule has 0 heterocycles. The molecular weight excluding hydrogens is 292 g/mol. The molecule has 4 nitrogen and oxygen atoms in total. The van der Waals surface area contributed by atoms with E-state index in [0.717, 1.165) is 25.0 Å². The highest BCUT2D eigenvalue weighted by atomic mass is 19.1. The van der Waals surface area contributed by atoms with Crippen LogP contribution in [0.25, 0.3) is 0 Å². The van der Waals surface area contributed by atoms with Crippen molar-refractivity contribution >= 4 is 11.7 Å². The summed E-state index contributed by atoms with van der Waals surface area (Å²) in [5, 5.41) is 2.51. The third kappa shape index (κ3) is 3.61.